The van der Waals surface area contributed by atoms with E-state index < -0.39 is 0 Å². The van der Waals surface area contributed by atoms with Crippen molar-refractivity contribution in [3.8, 4) is 0 Å². The SMILES string of the molecule is CCC(=O)c1cccc(C)c1CC. The molecule has 0 bridgehead atoms. The van der Waals surface area contributed by atoms with Crippen LogP contribution < -0.4 is 0 Å². The van der Waals surface area contributed by atoms with Gasteiger partial charge in [-0.05, 0) is 24.5 Å². The van der Waals surface area contributed by atoms with Gasteiger partial charge in [-0.3, -0.25) is 4.79 Å². The Kier molecular flexibility index (Phi) is 3.24. The number of aryl methyl sites for hydroxylation is 1. The van der Waals surface area contributed by atoms with Gasteiger partial charge in [0.2, 0.25) is 0 Å². The molecular formula is C12H16O. The van der Waals surface area contributed by atoms with E-state index in [2.05, 4.69) is 19.9 Å². The Morgan fingerprint density at radius 2 is 2.00 bits per heavy atom. The summed E-state index contributed by atoms with van der Waals surface area (Å²) in [6.07, 6.45) is 1.53. The average Bonchev–Trinajstić information content (AvgIpc) is 2.16. The molecule has 0 saturated carbocycles. The second kappa shape index (κ2) is 4.22. The highest BCUT2D eigenvalue weighted by Crippen LogP contribution is 2.16. The van der Waals surface area contributed by atoms with Crippen molar-refractivity contribution in [3.05, 3.63) is 34.9 Å². The van der Waals surface area contributed by atoms with E-state index in [-0.39, 0.29) is 5.78 Å². The maximum Gasteiger partial charge on any atom is 0.162 e. The average molecular weight is 176 g/mol. The van der Waals surface area contributed by atoms with Crippen LogP contribution in [0.3, 0.4) is 0 Å². The van der Waals surface area contributed by atoms with Gasteiger partial charge in [0, 0.05) is 12.0 Å². The van der Waals surface area contributed by atoms with Crippen LogP contribution in [0.4, 0.5) is 0 Å². The molecule has 0 aliphatic carbocycles. The van der Waals surface area contributed by atoms with E-state index >= 15 is 0 Å². The molecule has 0 fully saturated rings. The summed E-state index contributed by atoms with van der Waals surface area (Å²) in [7, 11) is 0. The van der Waals surface area contributed by atoms with Gasteiger partial charge in [-0.25, -0.2) is 0 Å². The molecule has 0 radical (unpaired) electrons. The molecule has 1 heteroatoms. The third-order valence-electron chi connectivity index (χ3n) is 2.39. The van der Waals surface area contributed by atoms with Crippen molar-refractivity contribution in [2.75, 3.05) is 0 Å². The molecule has 0 N–H and O–H groups in total. The van der Waals surface area contributed by atoms with Gasteiger partial charge in [0.1, 0.15) is 0 Å². The van der Waals surface area contributed by atoms with Gasteiger partial charge in [-0.15, -0.1) is 0 Å². The molecule has 0 amide bonds. The first-order chi connectivity index (χ1) is 6.20. The predicted octanol–water partition coefficient (Wildman–Crippen LogP) is 3.15. The Morgan fingerprint density at radius 1 is 1.31 bits per heavy atom. The fourth-order valence-electron chi connectivity index (χ4n) is 1.62. The van der Waals surface area contributed by atoms with Gasteiger partial charge in [-0.2, -0.15) is 0 Å². The maximum absolute atomic E-state index is 11.5. The molecule has 0 saturated heterocycles. The molecule has 0 aromatic heterocycles. The zero-order valence-electron chi connectivity index (χ0n) is 8.55. The number of carbonyl (C=O) groups is 1. The molecule has 0 spiro atoms. The number of ketones is 1. The molecule has 0 heterocycles. The van der Waals surface area contributed by atoms with Crippen LogP contribution in [-0.2, 0) is 6.42 Å². The fourth-order valence-corrected chi connectivity index (χ4v) is 1.62. The Labute approximate surface area is 79.8 Å². The van der Waals surface area contributed by atoms with E-state index in [1.54, 1.807) is 0 Å². The summed E-state index contributed by atoms with van der Waals surface area (Å²) in [4.78, 5) is 11.5. The van der Waals surface area contributed by atoms with E-state index in [1.807, 2.05) is 19.1 Å². The zero-order chi connectivity index (χ0) is 9.84. The third-order valence-corrected chi connectivity index (χ3v) is 2.39. The summed E-state index contributed by atoms with van der Waals surface area (Å²) in [5.74, 6) is 0.251. The molecule has 1 nitrogen and oxygen atoms in total. The standard InChI is InChI=1S/C12H16O/c1-4-10-9(3)7-6-8-11(10)12(13)5-2/h6-8H,4-5H2,1-3H3. The number of hydrogen-bond donors (Lipinski definition) is 0. The zero-order valence-corrected chi connectivity index (χ0v) is 8.55. The summed E-state index contributed by atoms with van der Waals surface area (Å²) >= 11 is 0. The highest BCUT2D eigenvalue weighted by molar-refractivity contribution is 5.97. The number of rotatable bonds is 3. The number of hydrogen-bond acceptors (Lipinski definition) is 1. The van der Waals surface area contributed by atoms with Gasteiger partial charge in [0.05, 0.1) is 0 Å². The molecule has 0 unspecified atom stereocenters. The van der Waals surface area contributed by atoms with Crippen LogP contribution in [0.5, 0.6) is 0 Å². The van der Waals surface area contributed by atoms with Crippen molar-refractivity contribution >= 4 is 5.78 Å². The van der Waals surface area contributed by atoms with E-state index in [0.717, 1.165) is 12.0 Å². The lowest BCUT2D eigenvalue weighted by atomic mass is 9.96. The van der Waals surface area contributed by atoms with Crippen molar-refractivity contribution in [2.45, 2.75) is 33.6 Å². The van der Waals surface area contributed by atoms with Crippen LogP contribution >= 0.6 is 0 Å². The topological polar surface area (TPSA) is 17.1 Å². The van der Waals surface area contributed by atoms with Crippen LogP contribution in [0, 0.1) is 6.92 Å². The summed E-state index contributed by atoms with van der Waals surface area (Å²) in [5.41, 5.74) is 3.33. The van der Waals surface area contributed by atoms with Crippen LogP contribution in [0.2, 0.25) is 0 Å². The van der Waals surface area contributed by atoms with Gasteiger partial charge in [0.25, 0.3) is 0 Å². The van der Waals surface area contributed by atoms with Crippen LogP contribution in [0.15, 0.2) is 18.2 Å². The van der Waals surface area contributed by atoms with E-state index in [9.17, 15) is 4.79 Å². The molecule has 13 heavy (non-hydrogen) atoms. The third kappa shape index (κ3) is 1.97. The van der Waals surface area contributed by atoms with Crippen molar-refractivity contribution in [3.63, 3.8) is 0 Å². The van der Waals surface area contributed by atoms with E-state index in [0.29, 0.717) is 6.42 Å². The Bertz CT molecular complexity index is 313. The molecule has 1 aromatic rings. The molecule has 0 aliphatic rings. The smallest absolute Gasteiger partial charge is 0.162 e. The van der Waals surface area contributed by atoms with Crippen molar-refractivity contribution in [2.24, 2.45) is 0 Å². The van der Waals surface area contributed by atoms with E-state index in [1.165, 1.54) is 11.1 Å². The molecule has 0 atom stereocenters. The monoisotopic (exact) mass is 176 g/mol. The van der Waals surface area contributed by atoms with Gasteiger partial charge in [-0.1, -0.05) is 32.0 Å². The largest absolute Gasteiger partial charge is 0.294 e. The van der Waals surface area contributed by atoms with Gasteiger partial charge >= 0.3 is 0 Å². The fraction of sp³-hybridized carbons (Fsp3) is 0.417. The molecule has 70 valence electrons. The first-order valence-electron chi connectivity index (χ1n) is 4.82. The van der Waals surface area contributed by atoms with Gasteiger partial charge in [0.15, 0.2) is 5.78 Å². The Balaban J connectivity index is 3.20. The quantitative estimate of drug-likeness (QED) is 0.646. The molecule has 0 aliphatic heterocycles. The Morgan fingerprint density at radius 3 is 2.54 bits per heavy atom. The summed E-state index contributed by atoms with van der Waals surface area (Å²) in [5, 5.41) is 0. The second-order valence-electron chi connectivity index (χ2n) is 3.23. The number of Topliss-reactive ketones (excluding diaryl/α,β-unsaturated/α-hetero) is 1. The minimum Gasteiger partial charge on any atom is -0.294 e. The highest BCUT2D eigenvalue weighted by Gasteiger charge is 2.09. The normalized spacial score (nSPS) is 10.1. The highest BCUT2D eigenvalue weighted by atomic mass is 16.1. The van der Waals surface area contributed by atoms with Crippen LogP contribution in [0.1, 0.15) is 41.8 Å². The van der Waals surface area contributed by atoms with Crippen LogP contribution in [0.25, 0.3) is 0 Å². The van der Waals surface area contributed by atoms with Crippen LogP contribution in [-0.4, -0.2) is 5.78 Å². The molecule has 1 rings (SSSR count). The lowest BCUT2D eigenvalue weighted by Crippen LogP contribution is -2.03. The lowest BCUT2D eigenvalue weighted by molar-refractivity contribution is 0.0987. The number of benzene rings is 1. The summed E-state index contributed by atoms with van der Waals surface area (Å²) < 4.78 is 0. The lowest BCUT2D eigenvalue weighted by Gasteiger charge is -2.08. The summed E-state index contributed by atoms with van der Waals surface area (Å²) in [6, 6.07) is 5.94. The van der Waals surface area contributed by atoms with Crippen molar-refractivity contribution in [1.29, 1.82) is 0 Å². The molecular weight excluding hydrogens is 160 g/mol. The molecule has 1 aromatic carbocycles. The van der Waals surface area contributed by atoms with Crippen molar-refractivity contribution < 1.29 is 4.79 Å². The maximum atomic E-state index is 11.5. The second-order valence-corrected chi connectivity index (χ2v) is 3.23. The van der Waals surface area contributed by atoms with E-state index in [4.69, 9.17) is 0 Å². The first-order valence-corrected chi connectivity index (χ1v) is 4.82. The minimum atomic E-state index is 0.251. The predicted molar refractivity (Wildman–Crippen MR) is 55.2 cm³/mol. The first kappa shape index (κ1) is 9.97. The Hall–Kier alpha value is -1.11. The minimum absolute atomic E-state index is 0.251. The number of carbonyl (C=O) groups excluding carboxylic acids is 1. The van der Waals surface area contributed by atoms with Gasteiger partial charge < -0.3 is 0 Å². The van der Waals surface area contributed by atoms with Crippen molar-refractivity contribution in [1.82, 2.24) is 0 Å². The summed E-state index contributed by atoms with van der Waals surface area (Å²) in [6.45, 7) is 6.06.